The minimum Gasteiger partial charge on any atom is -0.339 e. The van der Waals surface area contributed by atoms with Crippen LogP contribution in [0.15, 0.2) is 18.2 Å². The number of carbonyl (C=O) groups is 1. The lowest BCUT2D eigenvalue weighted by Crippen LogP contribution is -2.45. The maximum atomic E-state index is 12.6. The number of hydrogen-bond donors (Lipinski definition) is 0. The van der Waals surface area contributed by atoms with Crippen molar-refractivity contribution in [2.24, 2.45) is 0 Å². The van der Waals surface area contributed by atoms with Crippen molar-refractivity contribution in [1.82, 2.24) is 4.90 Å². The molecule has 2 rings (SSSR count). The number of hydrogen-bond acceptors (Lipinski definition) is 1. The summed E-state index contributed by atoms with van der Waals surface area (Å²) in [5.41, 5.74) is 3.63. The summed E-state index contributed by atoms with van der Waals surface area (Å²) in [7, 11) is 0. The van der Waals surface area contributed by atoms with Gasteiger partial charge in [0, 0.05) is 17.9 Å². The van der Waals surface area contributed by atoms with E-state index >= 15 is 0 Å². The number of benzene rings is 1. The van der Waals surface area contributed by atoms with Crippen molar-refractivity contribution in [3.05, 3.63) is 34.9 Å². The molecule has 0 saturated heterocycles. The van der Waals surface area contributed by atoms with Crippen LogP contribution in [0.2, 0.25) is 0 Å². The molecule has 0 N–H and O–H groups in total. The monoisotopic (exact) mass is 337 g/mol. The van der Waals surface area contributed by atoms with Gasteiger partial charge < -0.3 is 4.90 Å². The van der Waals surface area contributed by atoms with E-state index < -0.39 is 0 Å². The molecule has 110 valence electrons. The Balaban J connectivity index is 2.05. The largest absolute Gasteiger partial charge is 0.339 e. The second kappa shape index (κ2) is 7.26. The average Bonchev–Trinajstić information content (AvgIpc) is 2.36. The Morgan fingerprint density at radius 1 is 1.35 bits per heavy atom. The van der Waals surface area contributed by atoms with Gasteiger partial charge in [-0.15, -0.1) is 0 Å². The summed E-state index contributed by atoms with van der Waals surface area (Å²) in [5.74, 6) is 0.296. The standard InChI is InChI=1S/C17H24BrNO/c1-13-7-8-14(2)15(11-13)12-17(20)19(10-4-9-18)16-5-3-6-16/h7-8,11,16H,3-6,9-10,12H2,1-2H3. The van der Waals surface area contributed by atoms with Gasteiger partial charge in [-0.1, -0.05) is 39.7 Å². The highest BCUT2D eigenvalue weighted by atomic mass is 79.9. The van der Waals surface area contributed by atoms with Crippen LogP contribution in [-0.2, 0) is 11.2 Å². The summed E-state index contributed by atoms with van der Waals surface area (Å²) < 4.78 is 0. The molecule has 1 aromatic rings. The minimum absolute atomic E-state index is 0.296. The van der Waals surface area contributed by atoms with Crippen LogP contribution in [0, 0.1) is 13.8 Å². The molecule has 0 aromatic heterocycles. The number of alkyl halides is 1. The average molecular weight is 338 g/mol. The molecule has 20 heavy (non-hydrogen) atoms. The molecule has 1 fully saturated rings. The number of nitrogens with zero attached hydrogens (tertiary/aromatic N) is 1. The molecule has 1 aliphatic carbocycles. The number of carbonyl (C=O) groups excluding carboxylic acids is 1. The van der Waals surface area contributed by atoms with Gasteiger partial charge in [0.1, 0.15) is 0 Å². The van der Waals surface area contributed by atoms with Crippen LogP contribution in [0.3, 0.4) is 0 Å². The van der Waals surface area contributed by atoms with Gasteiger partial charge in [-0.25, -0.2) is 0 Å². The first-order valence-corrected chi connectivity index (χ1v) is 8.65. The Hall–Kier alpha value is -0.830. The highest BCUT2D eigenvalue weighted by Crippen LogP contribution is 2.26. The Labute approximate surface area is 130 Å². The lowest BCUT2D eigenvalue weighted by molar-refractivity contribution is -0.134. The molecule has 0 atom stereocenters. The van der Waals surface area contributed by atoms with E-state index in [0.29, 0.717) is 18.4 Å². The first-order chi connectivity index (χ1) is 9.61. The van der Waals surface area contributed by atoms with Crippen molar-refractivity contribution in [2.75, 3.05) is 11.9 Å². The fourth-order valence-corrected chi connectivity index (χ4v) is 2.95. The molecule has 1 amide bonds. The van der Waals surface area contributed by atoms with Crippen LogP contribution in [0.4, 0.5) is 0 Å². The van der Waals surface area contributed by atoms with E-state index in [1.54, 1.807) is 0 Å². The first-order valence-electron chi connectivity index (χ1n) is 7.53. The lowest BCUT2D eigenvalue weighted by atomic mass is 9.90. The van der Waals surface area contributed by atoms with Crippen molar-refractivity contribution in [2.45, 2.75) is 52.0 Å². The van der Waals surface area contributed by atoms with Gasteiger partial charge in [-0.3, -0.25) is 4.79 Å². The van der Waals surface area contributed by atoms with Gasteiger partial charge >= 0.3 is 0 Å². The Morgan fingerprint density at radius 3 is 2.70 bits per heavy atom. The van der Waals surface area contributed by atoms with Gasteiger partial charge in [0.15, 0.2) is 0 Å². The second-order valence-corrected chi connectivity index (χ2v) is 6.61. The molecular formula is C17H24BrNO. The molecule has 1 aromatic carbocycles. The molecule has 0 heterocycles. The predicted molar refractivity (Wildman–Crippen MR) is 87.4 cm³/mol. The Kier molecular flexibility index (Phi) is 5.64. The Morgan fingerprint density at radius 2 is 2.10 bits per heavy atom. The third-order valence-corrected chi connectivity index (χ3v) is 4.78. The molecule has 1 aliphatic rings. The summed E-state index contributed by atoms with van der Waals surface area (Å²) in [6, 6.07) is 6.87. The van der Waals surface area contributed by atoms with E-state index in [2.05, 4.69) is 52.9 Å². The normalized spacial score (nSPS) is 14.9. The van der Waals surface area contributed by atoms with Crippen molar-refractivity contribution in [1.29, 1.82) is 0 Å². The fourth-order valence-electron chi connectivity index (χ4n) is 2.69. The second-order valence-electron chi connectivity index (χ2n) is 5.82. The van der Waals surface area contributed by atoms with Gasteiger partial charge in [0.2, 0.25) is 5.91 Å². The van der Waals surface area contributed by atoms with Crippen LogP contribution in [0.25, 0.3) is 0 Å². The number of aryl methyl sites for hydroxylation is 2. The van der Waals surface area contributed by atoms with E-state index in [-0.39, 0.29) is 0 Å². The molecule has 0 bridgehead atoms. The maximum absolute atomic E-state index is 12.6. The van der Waals surface area contributed by atoms with E-state index in [4.69, 9.17) is 0 Å². The molecule has 0 radical (unpaired) electrons. The van der Waals surface area contributed by atoms with E-state index in [9.17, 15) is 4.79 Å². The zero-order chi connectivity index (χ0) is 14.5. The Bertz CT molecular complexity index is 468. The molecule has 0 spiro atoms. The first kappa shape index (κ1) is 15.6. The molecule has 2 nitrogen and oxygen atoms in total. The summed E-state index contributed by atoms with van der Waals surface area (Å²) >= 11 is 3.47. The predicted octanol–water partition coefficient (Wildman–Crippen LogP) is 4.01. The van der Waals surface area contributed by atoms with Crippen molar-refractivity contribution in [3.63, 3.8) is 0 Å². The zero-order valence-electron chi connectivity index (χ0n) is 12.5. The smallest absolute Gasteiger partial charge is 0.227 e. The van der Waals surface area contributed by atoms with Gasteiger partial charge in [-0.2, -0.15) is 0 Å². The summed E-state index contributed by atoms with van der Waals surface area (Å²) in [4.78, 5) is 14.7. The van der Waals surface area contributed by atoms with Crippen LogP contribution in [0.5, 0.6) is 0 Å². The molecule has 0 unspecified atom stereocenters. The molecule has 3 heteroatoms. The molecule has 0 aliphatic heterocycles. The fraction of sp³-hybridized carbons (Fsp3) is 0.588. The topological polar surface area (TPSA) is 20.3 Å². The van der Waals surface area contributed by atoms with E-state index in [0.717, 1.165) is 18.3 Å². The highest BCUT2D eigenvalue weighted by molar-refractivity contribution is 9.09. The number of amides is 1. The maximum Gasteiger partial charge on any atom is 0.227 e. The summed E-state index contributed by atoms with van der Waals surface area (Å²) in [6.45, 7) is 5.07. The quantitative estimate of drug-likeness (QED) is 0.718. The molecular weight excluding hydrogens is 314 g/mol. The van der Waals surface area contributed by atoms with Crippen LogP contribution in [0.1, 0.15) is 42.4 Å². The molecule has 1 saturated carbocycles. The van der Waals surface area contributed by atoms with Crippen LogP contribution >= 0.6 is 15.9 Å². The lowest BCUT2D eigenvalue weighted by Gasteiger charge is -2.38. The van der Waals surface area contributed by atoms with E-state index in [1.807, 2.05) is 0 Å². The number of halogens is 1. The van der Waals surface area contributed by atoms with Gasteiger partial charge in [0.05, 0.1) is 6.42 Å². The van der Waals surface area contributed by atoms with Gasteiger partial charge in [0.25, 0.3) is 0 Å². The van der Waals surface area contributed by atoms with Gasteiger partial charge in [-0.05, 0) is 50.7 Å². The van der Waals surface area contributed by atoms with Crippen molar-refractivity contribution in [3.8, 4) is 0 Å². The summed E-state index contributed by atoms with van der Waals surface area (Å²) in [5, 5.41) is 0.965. The van der Waals surface area contributed by atoms with Crippen molar-refractivity contribution < 1.29 is 4.79 Å². The van der Waals surface area contributed by atoms with E-state index in [1.165, 1.54) is 36.0 Å². The zero-order valence-corrected chi connectivity index (χ0v) is 14.1. The van der Waals surface area contributed by atoms with Crippen LogP contribution < -0.4 is 0 Å². The highest BCUT2D eigenvalue weighted by Gasteiger charge is 2.28. The number of rotatable bonds is 6. The summed E-state index contributed by atoms with van der Waals surface area (Å²) in [6.07, 6.45) is 5.22. The minimum atomic E-state index is 0.296. The third-order valence-electron chi connectivity index (χ3n) is 4.21. The van der Waals surface area contributed by atoms with Crippen LogP contribution in [-0.4, -0.2) is 28.7 Å². The third kappa shape index (κ3) is 3.85. The SMILES string of the molecule is Cc1ccc(C)c(CC(=O)N(CCCBr)C2CCC2)c1. The van der Waals surface area contributed by atoms with Crippen molar-refractivity contribution >= 4 is 21.8 Å².